The number of hydrogen-bond donors (Lipinski definition) is 0. The third kappa shape index (κ3) is 4.29. The number of nitrogens with zero attached hydrogens (tertiary/aromatic N) is 1. The first-order valence-corrected chi connectivity index (χ1v) is 7.52. The molecule has 0 spiro atoms. The van der Waals surface area contributed by atoms with E-state index < -0.39 is 11.6 Å². The summed E-state index contributed by atoms with van der Waals surface area (Å²) in [5, 5.41) is 0. The molecule has 0 unspecified atom stereocenters. The van der Waals surface area contributed by atoms with E-state index in [4.69, 9.17) is 14.2 Å². The summed E-state index contributed by atoms with van der Waals surface area (Å²) >= 11 is 0. The van der Waals surface area contributed by atoms with Crippen molar-refractivity contribution in [1.29, 1.82) is 0 Å². The minimum Gasteiger partial charge on any atom is -0.459 e. The van der Waals surface area contributed by atoms with Crippen molar-refractivity contribution in [3.63, 3.8) is 0 Å². The van der Waals surface area contributed by atoms with Gasteiger partial charge in [0.15, 0.2) is 0 Å². The second-order valence-electron chi connectivity index (χ2n) is 6.45. The Hall–Kier alpha value is -1.43. The molecule has 1 aliphatic heterocycles. The minimum atomic E-state index is -0.505. The van der Waals surface area contributed by atoms with E-state index in [0.717, 1.165) is 5.56 Å². The van der Waals surface area contributed by atoms with Crippen LogP contribution in [-0.4, -0.2) is 49.6 Å². The van der Waals surface area contributed by atoms with Gasteiger partial charge in [0.05, 0.1) is 19.3 Å². The van der Waals surface area contributed by atoms with Crippen molar-refractivity contribution in [3.05, 3.63) is 35.9 Å². The van der Waals surface area contributed by atoms with Crippen LogP contribution in [0.15, 0.2) is 30.3 Å². The topological polar surface area (TPSA) is 48.0 Å². The van der Waals surface area contributed by atoms with Crippen molar-refractivity contribution < 1.29 is 19.0 Å². The number of esters is 1. The summed E-state index contributed by atoms with van der Waals surface area (Å²) in [6, 6.07) is 9.57. The van der Waals surface area contributed by atoms with Gasteiger partial charge in [-0.1, -0.05) is 30.3 Å². The maximum Gasteiger partial charge on any atom is 0.326 e. The molecule has 1 aromatic carbocycles. The van der Waals surface area contributed by atoms with Gasteiger partial charge in [-0.05, 0) is 26.3 Å². The largest absolute Gasteiger partial charge is 0.459 e. The smallest absolute Gasteiger partial charge is 0.326 e. The lowest BCUT2D eigenvalue weighted by Gasteiger charge is -2.31. The molecule has 1 saturated heterocycles. The van der Waals surface area contributed by atoms with E-state index in [0.29, 0.717) is 19.9 Å². The minimum absolute atomic E-state index is 0.0359. The summed E-state index contributed by atoms with van der Waals surface area (Å²) in [6.07, 6.45) is 0. The van der Waals surface area contributed by atoms with E-state index in [-0.39, 0.29) is 12.0 Å². The van der Waals surface area contributed by atoms with Gasteiger partial charge in [0, 0.05) is 7.11 Å². The van der Waals surface area contributed by atoms with Gasteiger partial charge in [-0.3, -0.25) is 9.69 Å². The molecule has 1 fully saturated rings. The van der Waals surface area contributed by atoms with Gasteiger partial charge in [0.25, 0.3) is 0 Å². The third-order valence-electron chi connectivity index (χ3n) is 3.50. The van der Waals surface area contributed by atoms with Crippen molar-refractivity contribution in [1.82, 2.24) is 4.90 Å². The van der Waals surface area contributed by atoms with Crippen LogP contribution in [0.1, 0.15) is 32.4 Å². The fraction of sp³-hybridized carbons (Fsp3) is 0.588. The van der Waals surface area contributed by atoms with Gasteiger partial charge < -0.3 is 14.2 Å². The van der Waals surface area contributed by atoms with E-state index >= 15 is 0 Å². The predicted molar refractivity (Wildman–Crippen MR) is 83.4 cm³/mol. The van der Waals surface area contributed by atoms with Crippen LogP contribution in [0.25, 0.3) is 0 Å². The predicted octanol–water partition coefficient (Wildman–Crippen LogP) is 2.37. The highest BCUT2D eigenvalue weighted by Crippen LogP contribution is 2.28. The van der Waals surface area contributed by atoms with Crippen LogP contribution in [0.2, 0.25) is 0 Å². The molecule has 5 nitrogen and oxygen atoms in total. The van der Waals surface area contributed by atoms with E-state index in [1.165, 1.54) is 0 Å². The molecule has 0 radical (unpaired) electrons. The SMILES string of the molecule is COC[C@@H](c1ccccc1)N1COC[C@H]1C(=O)OC(C)(C)C. The first kappa shape index (κ1) is 16.9. The maximum absolute atomic E-state index is 12.4. The fourth-order valence-corrected chi connectivity index (χ4v) is 2.55. The molecule has 1 aliphatic rings. The summed E-state index contributed by atoms with van der Waals surface area (Å²) < 4.78 is 16.4. The second kappa shape index (κ2) is 7.22. The number of benzene rings is 1. The van der Waals surface area contributed by atoms with Gasteiger partial charge in [-0.2, -0.15) is 0 Å². The van der Waals surface area contributed by atoms with Gasteiger partial charge in [-0.15, -0.1) is 0 Å². The zero-order valence-corrected chi connectivity index (χ0v) is 13.7. The number of ether oxygens (including phenoxy) is 3. The zero-order valence-electron chi connectivity index (χ0n) is 13.7. The number of rotatable bonds is 5. The number of carbonyl (C=O) groups excluding carboxylic acids is 1. The summed E-state index contributed by atoms with van der Waals surface area (Å²) in [5.74, 6) is -0.248. The Labute approximate surface area is 132 Å². The van der Waals surface area contributed by atoms with Gasteiger partial charge in [0.2, 0.25) is 0 Å². The molecule has 122 valence electrons. The standard InChI is InChI=1S/C17H25NO4/c1-17(2,3)22-16(19)15-11-21-12-18(15)14(10-20-4)13-8-6-5-7-9-13/h5-9,14-15H,10-12H2,1-4H3/t14-,15-/m0/s1. The van der Waals surface area contributed by atoms with Crippen LogP contribution in [0.5, 0.6) is 0 Å². The van der Waals surface area contributed by atoms with Crippen molar-refractivity contribution in [2.24, 2.45) is 0 Å². The Balaban J connectivity index is 2.17. The summed E-state index contributed by atoms with van der Waals surface area (Å²) in [4.78, 5) is 14.4. The molecule has 0 amide bonds. The molecule has 0 N–H and O–H groups in total. The maximum atomic E-state index is 12.4. The highest BCUT2D eigenvalue weighted by molar-refractivity contribution is 5.76. The molecule has 1 aromatic rings. The Kier molecular flexibility index (Phi) is 5.56. The van der Waals surface area contributed by atoms with Crippen LogP contribution >= 0.6 is 0 Å². The van der Waals surface area contributed by atoms with Gasteiger partial charge in [0.1, 0.15) is 18.4 Å². The molecule has 0 bridgehead atoms. The first-order chi connectivity index (χ1) is 10.4. The van der Waals surface area contributed by atoms with E-state index in [2.05, 4.69) is 0 Å². The van der Waals surface area contributed by atoms with E-state index in [1.807, 2.05) is 56.0 Å². The molecule has 0 aliphatic carbocycles. The van der Waals surface area contributed by atoms with E-state index in [1.54, 1.807) is 7.11 Å². The van der Waals surface area contributed by atoms with Crippen molar-refractivity contribution in [3.8, 4) is 0 Å². The summed E-state index contributed by atoms with van der Waals surface area (Å²) in [7, 11) is 1.66. The molecule has 1 heterocycles. The van der Waals surface area contributed by atoms with Crippen molar-refractivity contribution >= 4 is 5.97 Å². The molecule has 2 rings (SSSR count). The second-order valence-corrected chi connectivity index (χ2v) is 6.45. The monoisotopic (exact) mass is 307 g/mol. The molecule has 22 heavy (non-hydrogen) atoms. The first-order valence-electron chi connectivity index (χ1n) is 7.52. The normalized spacial score (nSPS) is 20.8. The summed E-state index contributed by atoms with van der Waals surface area (Å²) in [6.45, 7) is 6.85. The fourth-order valence-electron chi connectivity index (χ4n) is 2.55. The Bertz CT molecular complexity index is 483. The molecule has 5 heteroatoms. The number of carbonyl (C=O) groups is 1. The van der Waals surface area contributed by atoms with Crippen LogP contribution in [0.3, 0.4) is 0 Å². The molecular weight excluding hydrogens is 282 g/mol. The highest BCUT2D eigenvalue weighted by Gasteiger charge is 2.39. The van der Waals surface area contributed by atoms with Crippen LogP contribution in [0.4, 0.5) is 0 Å². The number of hydrogen-bond acceptors (Lipinski definition) is 5. The third-order valence-corrected chi connectivity index (χ3v) is 3.50. The molecular formula is C17H25NO4. The molecule has 0 saturated carbocycles. The van der Waals surface area contributed by atoms with Crippen molar-refractivity contribution in [2.75, 3.05) is 27.1 Å². The lowest BCUT2D eigenvalue weighted by molar-refractivity contribution is -0.161. The average Bonchev–Trinajstić information content (AvgIpc) is 2.93. The lowest BCUT2D eigenvalue weighted by atomic mass is 10.0. The Morgan fingerprint density at radius 1 is 1.36 bits per heavy atom. The highest BCUT2D eigenvalue weighted by atomic mass is 16.6. The number of methoxy groups -OCH3 is 1. The Morgan fingerprint density at radius 2 is 2.05 bits per heavy atom. The van der Waals surface area contributed by atoms with Crippen LogP contribution < -0.4 is 0 Å². The zero-order chi connectivity index (χ0) is 16.2. The quantitative estimate of drug-likeness (QED) is 0.782. The van der Waals surface area contributed by atoms with Crippen LogP contribution in [-0.2, 0) is 19.0 Å². The van der Waals surface area contributed by atoms with Crippen molar-refractivity contribution in [2.45, 2.75) is 38.5 Å². The van der Waals surface area contributed by atoms with Gasteiger partial charge >= 0.3 is 5.97 Å². The van der Waals surface area contributed by atoms with Crippen LogP contribution in [0, 0.1) is 0 Å². The molecule has 2 atom stereocenters. The van der Waals surface area contributed by atoms with Gasteiger partial charge in [-0.25, -0.2) is 0 Å². The average molecular weight is 307 g/mol. The summed E-state index contributed by atoms with van der Waals surface area (Å²) in [5.41, 5.74) is 0.595. The van der Waals surface area contributed by atoms with E-state index in [9.17, 15) is 4.79 Å². The Morgan fingerprint density at radius 3 is 2.64 bits per heavy atom. The molecule has 0 aromatic heterocycles. The lowest BCUT2D eigenvalue weighted by Crippen LogP contribution is -2.44.